The lowest BCUT2D eigenvalue weighted by Crippen LogP contribution is -2.47. The second-order valence-electron chi connectivity index (χ2n) is 3.67. The molecule has 13 heavy (non-hydrogen) atoms. The molecule has 1 aliphatic rings. The molecule has 0 radical (unpaired) electrons. The summed E-state index contributed by atoms with van der Waals surface area (Å²) in [5, 5.41) is 3.31. The maximum absolute atomic E-state index is 11.3. The van der Waals surface area contributed by atoms with Crippen LogP contribution in [0.15, 0.2) is 0 Å². The molecule has 0 unspecified atom stereocenters. The molecule has 0 aliphatic carbocycles. The minimum atomic E-state index is 0.225. The van der Waals surface area contributed by atoms with Crippen LogP contribution in [0.1, 0.15) is 33.1 Å². The van der Waals surface area contributed by atoms with Gasteiger partial charge < -0.3 is 10.2 Å². The van der Waals surface area contributed by atoms with Gasteiger partial charge in [0, 0.05) is 26.1 Å². The Hall–Kier alpha value is -0.570. The lowest BCUT2D eigenvalue weighted by molar-refractivity contribution is -0.132. The topological polar surface area (TPSA) is 32.3 Å². The van der Waals surface area contributed by atoms with Crippen LogP contribution in [0.2, 0.25) is 0 Å². The van der Waals surface area contributed by atoms with Gasteiger partial charge in [-0.15, -0.1) is 0 Å². The summed E-state index contributed by atoms with van der Waals surface area (Å²) < 4.78 is 0. The van der Waals surface area contributed by atoms with Crippen molar-refractivity contribution in [3.05, 3.63) is 0 Å². The van der Waals surface area contributed by atoms with Crippen LogP contribution < -0.4 is 5.32 Å². The van der Waals surface area contributed by atoms with E-state index in [1.807, 2.05) is 4.90 Å². The van der Waals surface area contributed by atoms with Crippen LogP contribution in [0, 0.1) is 0 Å². The van der Waals surface area contributed by atoms with Gasteiger partial charge in [0.15, 0.2) is 0 Å². The standard InChI is InChI=1S/C10H20N2O/c1-3-11-8-10-6-4-5-7-12(10)9(2)13/h10-11H,3-8H2,1-2H3/t10-/m0/s1. The number of carbonyl (C=O) groups excluding carboxylic acids is 1. The normalized spacial score (nSPS) is 23.2. The molecule has 1 saturated heterocycles. The molecule has 1 atom stereocenters. The third-order valence-corrected chi connectivity index (χ3v) is 2.66. The van der Waals surface area contributed by atoms with Crippen molar-refractivity contribution in [2.45, 2.75) is 39.2 Å². The summed E-state index contributed by atoms with van der Waals surface area (Å²) in [6.07, 6.45) is 3.59. The molecule has 1 aliphatic heterocycles. The van der Waals surface area contributed by atoms with E-state index in [1.165, 1.54) is 12.8 Å². The van der Waals surface area contributed by atoms with Crippen LogP contribution in [0.25, 0.3) is 0 Å². The second kappa shape index (κ2) is 5.22. The molecular weight excluding hydrogens is 164 g/mol. The number of amides is 1. The Morgan fingerprint density at radius 2 is 2.31 bits per heavy atom. The molecule has 0 aromatic carbocycles. The molecule has 3 heteroatoms. The average Bonchev–Trinajstić information content (AvgIpc) is 2.15. The summed E-state index contributed by atoms with van der Waals surface area (Å²) in [4.78, 5) is 13.3. The number of nitrogens with one attached hydrogen (secondary N) is 1. The molecule has 0 aromatic heterocycles. The fourth-order valence-corrected chi connectivity index (χ4v) is 1.94. The zero-order chi connectivity index (χ0) is 9.68. The molecule has 1 fully saturated rings. The number of likely N-dealkylation sites (tertiary alicyclic amines) is 1. The van der Waals surface area contributed by atoms with Gasteiger partial charge in [-0.3, -0.25) is 4.79 Å². The van der Waals surface area contributed by atoms with E-state index < -0.39 is 0 Å². The molecular formula is C10H20N2O. The molecule has 76 valence electrons. The van der Waals surface area contributed by atoms with Crippen LogP contribution in [-0.4, -0.2) is 36.5 Å². The summed E-state index contributed by atoms with van der Waals surface area (Å²) in [7, 11) is 0. The fourth-order valence-electron chi connectivity index (χ4n) is 1.94. The minimum Gasteiger partial charge on any atom is -0.339 e. The molecule has 0 bridgehead atoms. The first kappa shape index (κ1) is 10.5. The quantitative estimate of drug-likeness (QED) is 0.709. The van der Waals surface area contributed by atoms with Gasteiger partial charge in [0.25, 0.3) is 0 Å². The van der Waals surface area contributed by atoms with Crippen molar-refractivity contribution in [3.8, 4) is 0 Å². The van der Waals surface area contributed by atoms with Crippen molar-refractivity contribution in [2.75, 3.05) is 19.6 Å². The summed E-state index contributed by atoms with van der Waals surface area (Å²) >= 11 is 0. The third kappa shape index (κ3) is 2.99. The fraction of sp³-hybridized carbons (Fsp3) is 0.900. The number of hydrogen-bond acceptors (Lipinski definition) is 2. The first-order valence-corrected chi connectivity index (χ1v) is 5.23. The Kier molecular flexibility index (Phi) is 4.22. The van der Waals surface area contributed by atoms with Gasteiger partial charge in [-0.2, -0.15) is 0 Å². The van der Waals surface area contributed by atoms with Crippen LogP contribution in [0.3, 0.4) is 0 Å². The SMILES string of the molecule is CCNC[C@@H]1CCCCN1C(C)=O. The van der Waals surface area contributed by atoms with E-state index in [4.69, 9.17) is 0 Å². The Labute approximate surface area is 80.5 Å². The van der Waals surface area contributed by atoms with Gasteiger partial charge >= 0.3 is 0 Å². The largest absolute Gasteiger partial charge is 0.339 e. The van der Waals surface area contributed by atoms with Gasteiger partial charge in [-0.25, -0.2) is 0 Å². The lowest BCUT2D eigenvalue weighted by atomic mass is 10.0. The molecule has 3 nitrogen and oxygen atoms in total. The van der Waals surface area contributed by atoms with E-state index in [2.05, 4.69) is 12.2 Å². The van der Waals surface area contributed by atoms with E-state index in [-0.39, 0.29) is 5.91 Å². The minimum absolute atomic E-state index is 0.225. The molecule has 1 amide bonds. The molecule has 0 saturated carbocycles. The van der Waals surface area contributed by atoms with Crippen LogP contribution >= 0.6 is 0 Å². The molecule has 1 rings (SSSR count). The van der Waals surface area contributed by atoms with Crippen molar-refractivity contribution in [1.82, 2.24) is 10.2 Å². The molecule has 1 N–H and O–H groups in total. The van der Waals surface area contributed by atoms with Crippen molar-refractivity contribution >= 4 is 5.91 Å². The van der Waals surface area contributed by atoms with E-state index >= 15 is 0 Å². The van der Waals surface area contributed by atoms with Gasteiger partial charge in [-0.05, 0) is 25.8 Å². The number of nitrogens with zero attached hydrogens (tertiary/aromatic N) is 1. The maximum atomic E-state index is 11.3. The van der Waals surface area contributed by atoms with Crippen LogP contribution in [0.5, 0.6) is 0 Å². The number of hydrogen-bond donors (Lipinski definition) is 1. The predicted molar refractivity (Wildman–Crippen MR) is 53.6 cm³/mol. The summed E-state index contributed by atoms with van der Waals surface area (Å²) in [5.41, 5.74) is 0. The second-order valence-corrected chi connectivity index (χ2v) is 3.67. The zero-order valence-corrected chi connectivity index (χ0v) is 8.68. The van der Waals surface area contributed by atoms with Gasteiger partial charge in [-0.1, -0.05) is 6.92 Å². The Morgan fingerprint density at radius 1 is 1.54 bits per heavy atom. The Balaban J connectivity index is 2.41. The van der Waals surface area contributed by atoms with E-state index in [0.29, 0.717) is 6.04 Å². The van der Waals surface area contributed by atoms with Crippen molar-refractivity contribution < 1.29 is 4.79 Å². The Bertz CT molecular complexity index is 170. The van der Waals surface area contributed by atoms with Gasteiger partial charge in [0.05, 0.1) is 0 Å². The van der Waals surface area contributed by atoms with Gasteiger partial charge in [0.2, 0.25) is 5.91 Å². The average molecular weight is 184 g/mol. The lowest BCUT2D eigenvalue weighted by Gasteiger charge is -2.35. The highest BCUT2D eigenvalue weighted by molar-refractivity contribution is 5.73. The predicted octanol–water partition coefficient (Wildman–Crippen LogP) is 0.997. The van der Waals surface area contributed by atoms with E-state index in [9.17, 15) is 4.79 Å². The number of carbonyl (C=O) groups is 1. The first-order chi connectivity index (χ1) is 6.25. The first-order valence-electron chi connectivity index (χ1n) is 5.23. The summed E-state index contributed by atoms with van der Waals surface area (Å²) in [6, 6.07) is 0.436. The van der Waals surface area contributed by atoms with Crippen molar-refractivity contribution in [2.24, 2.45) is 0 Å². The summed E-state index contributed by atoms with van der Waals surface area (Å²) in [6.45, 7) is 6.66. The highest BCUT2D eigenvalue weighted by atomic mass is 16.2. The monoisotopic (exact) mass is 184 g/mol. The highest BCUT2D eigenvalue weighted by Crippen LogP contribution is 2.16. The highest BCUT2D eigenvalue weighted by Gasteiger charge is 2.23. The summed E-state index contributed by atoms with van der Waals surface area (Å²) in [5.74, 6) is 0.225. The number of likely N-dealkylation sites (N-methyl/N-ethyl adjacent to an activating group) is 1. The van der Waals surface area contributed by atoms with Crippen LogP contribution in [0.4, 0.5) is 0 Å². The zero-order valence-electron chi connectivity index (χ0n) is 8.68. The van der Waals surface area contributed by atoms with Crippen molar-refractivity contribution in [3.63, 3.8) is 0 Å². The van der Waals surface area contributed by atoms with Crippen molar-refractivity contribution in [1.29, 1.82) is 0 Å². The number of rotatable bonds is 3. The van der Waals surface area contributed by atoms with Crippen LogP contribution in [-0.2, 0) is 4.79 Å². The van der Waals surface area contributed by atoms with E-state index in [1.54, 1.807) is 6.92 Å². The van der Waals surface area contributed by atoms with E-state index in [0.717, 1.165) is 26.1 Å². The Morgan fingerprint density at radius 3 is 2.92 bits per heavy atom. The molecule has 0 spiro atoms. The maximum Gasteiger partial charge on any atom is 0.219 e. The third-order valence-electron chi connectivity index (χ3n) is 2.66. The molecule has 1 heterocycles. The smallest absolute Gasteiger partial charge is 0.219 e. The van der Waals surface area contributed by atoms with Gasteiger partial charge in [0.1, 0.15) is 0 Å². The molecule has 0 aromatic rings. The number of piperidine rings is 1.